The highest BCUT2D eigenvalue weighted by Gasteiger charge is 2.25. The molecule has 1 aliphatic rings. The zero-order valence-electron chi connectivity index (χ0n) is 13.7. The van der Waals surface area contributed by atoms with E-state index >= 15 is 0 Å². The number of hydrogen-bond acceptors (Lipinski definition) is 4. The molecular weight excluding hydrogens is 386 g/mol. The lowest BCUT2D eigenvalue weighted by molar-refractivity contribution is 0.0914. The summed E-state index contributed by atoms with van der Waals surface area (Å²) in [6, 6.07) is 6.30. The van der Waals surface area contributed by atoms with Crippen LogP contribution in [0.1, 0.15) is 41.0 Å². The third-order valence-corrected chi connectivity index (χ3v) is 5.96. The molecule has 1 saturated heterocycles. The Labute approximate surface area is 155 Å². The Bertz CT molecular complexity index is 669. The molecule has 1 N–H and O–H groups in total. The SMILES string of the molecule is CC1CCN(C(CNC(=O)c2cncc(Br)c2)c2cccs2)CC1. The van der Waals surface area contributed by atoms with Gasteiger partial charge in [0, 0.05) is 28.3 Å². The van der Waals surface area contributed by atoms with Gasteiger partial charge in [0.1, 0.15) is 0 Å². The number of carbonyl (C=O) groups excluding carboxylic acids is 1. The van der Waals surface area contributed by atoms with Crippen molar-refractivity contribution in [2.24, 2.45) is 5.92 Å². The molecule has 3 rings (SSSR count). The lowest BCUT2D eigenvalue weighted by Gasteiger charge is -2.36. The van der Waals surface area contributed by atoms with Crippen molar-refractivity contribution in [2.75, 3.05) is 19.6 Å². The van der Waals surface area contributed by atoms with E-state index in [0.29, 0.717) is 12.1 Å². The van der Waals surface area contributed by atoms with Gasteiger partial charge in [0.25, 0.3) is 5.91 Å². The maximum absolute atomic E-state index is 12.4. The zero-order chi connectivity index (χ0) is 16.9. The normalized spacial score (nSPS) is 17.6. The number of likely N-dealkylation sites (tertiary alicyclic amines) is 1. The monoisotopic (exact) mass is 407 g/mol. The molecule has 1 atom stereocenters. The Morgan fingerprint density at radius 3 is 2.92 bits per heavy atom. The predicted molar refractivity (Wildman–Crippen MR) is 101 cm³/mol. The van der Waals surface area contributed by atoms with Crippen molar-refractivity contribution in [2.45, 2.75) is 25.8 Å². The van der Waals surface area contributed by atoms with Gasteiger partial charge in [-0.25, -0.2) is 0 Å². The molecule has 4 nitrogen and oxygen atoms in total. The number of nitrogens with zero attached hydrogens (tertiary/aromatic N) is 2. The Morgan fingerprint density at radius 2 is 2.25 bits per heavy atom. The first-order valence-corrected chi connectivity index (χ1v) is 9.97. The van der Waals surface area contributed by atoms with E-state index in [4.69, 9.17) is 0 Å². The highest BCUT2D eigenvalue weighted by Crippen LogP contribution is 2.29. The molecule has 2 aromatic heterocycles. The van der Waals surface area contributed by atoms with Crippen molar-refractivity contribution in [3.05, 3.63) is 50.9 Å². The second kappa shape index (κ2) is 8.23. The Morgan fingerprint density at radius 1 is 1.46 bits per heavy atom. The molecule has 0 bridgehead atoms. The summed E-state index contributed by atoms with van der Waals surface area (Å²) in [5.74, 6) is 0.725. The second-order valence-corrected chi connectivity index (χ2v) is 8.25. The van der Waals surface area contributed by atoms with E-state index in [9.17, 15) is 4.79 Å². The molecule has 1 amide bonds. The molecule has 2 aromatic rings. The minimum absolute atomic E-state index is 0.0734. The fraction of sp³-hybridized carbons (Fsp3) is 0.444. The number of halogens is 1. The molecule has 1 fully saturated rings. The van der Waals surface area contributed by atoms with Crippen LogP contribution in [0.2, 0.25) is 0 Å². The van der Waals surface area contributed by atoms with Crippen LogP contribution in [-0.2, 0) is 0 Å². The van der Waals surface area contributed by atoms with Crippen molar-refractivity contribution >= 4 is 33.2 Å². The van der Waals surface area contributed by atoms with E-state index in [2.05, 4.69) is 55.6 Å². The minimum atomic E-state index is -0.0734. The van der Waals surface area contributed by atoms with Gasteiger partial charge < -0.3 is 5.32 Å². The fourth-order valence-electron chi connectivity index (χ4n) is 3.06. The summed E-state index contributed by atoms with van der Waals surface area (Å²) < 4.78 is 0.815. The van der Waals surface area contributed by atoms with Crippen molar-refractivity contribution in [3.63, 3.8) is 0 Å². The van der Waals surface area contributed by atoms with Crippen LogP contribution in [0.15, 0.2) is 40.4 Å². The molecule has 0 saturated carbocycles. The summed E-state index contributed by atoms with van der Waals surface area (Å²) >= 11 is 5.12. The summed E-state index contributed by atoms with van der Waals surface area (Å²) in [6.07, 6.45) is 5.74. The highest BCUT2D eigenvalue weighted by atomic mass is 79.9. The van der Waals surface area contributed by atoms with E-state index in [1.54, 1.807) is 29.8 Å². The molecule has 0 aromatic carbocycles. The summed E-state index contributed by atoms with van der Waals surface area (Å²) in [4.78, 5) is 20.3. The van der Waals surface area contributed by atoms with E-state index < -0.39 is 0 Å². The van der Waals surface area contributed by atoms with Gasteiger partial charge in [-0.1, -0.05) is 13.0 Å². The van der Waals surface area contributed by atoms with Crippen LogP contribution in [0, 0.1) is 5.92 Å². The van der Waals surface area contributed by atoms with Gasteiger partial charge in [-0.15, -0.1) is 11.3 Å². The van der Waals surface area contributed by atoms with Crippen molar-refractivity contribution < 1.29 is 4.79 Å². The summed E-state index contributed by atoms with van der Waals surface area (Å²) in [7, 11) is 0. The first kappa shape index (κ1) is 17.6. The molecule has 1 aliphatic heterocycles. The van der Waals surface area contributed by atoms with Crippen LogP contribution in [0.25, 0.3) is 0 Å². The predicted octanol–water partition coefficient (Wildman–Crippen LogP) is 4.11. The highest BCUT2D eigenvalue weighted by molar-refractivity contribution is 9.10. The van der Waals surface area contributed by atoms with Gasteiger partial charge in [0.2, 0.25) is 0 Å². The lowest BCUT2D eigenvalue weighted by atomic mass is 9.97. The topological polar surface area (TPSA) is 45.2 Å². The smallest absolute Gasteiger partial charge is 0.252 e. The number of hydrogen-bond donors (Lipinski definition) is 1. The zero-order valence-corrected chi connectivity index (χ0v) is 16.1. The number of amides is 1. The van der Waals surface area contributed by atoms with Gasteiger partial charge in [-0.05, 0) is 65.3 Å². The summed E-state index contributed by atoms with van der Waals surface area (Å²) in [5.41, 5.74) is 0.585. The summed E-state index contributed by atoms with van der Waals surface area (Å²) in [6.45, 7) is 5.13. The number of aromatic nitrogens is 1. The third kappa shape index (κ3) is 4.43. The average molecular weight is 408 g/mol. The maximum atomic E-state index is 12.4. The number of thiophene rings is 1. The molecule has 0 radical (unpaired) electrons. The maximum Gasteiger partial charge on any atom is 0.252 e. The molecule has 6 heteroatoms. The van der Waals surface area contributed by atoms with Crippen molar-refractivity contribution in [3.8, 4) is 0 Å². The van der Waals surface area contributed by atoms with E-state index in [1.165, 1.54) is 17.7 Å². The van der Waals surface area contributed by atoms with Crippen LogP contribution < -0.4 is 5.32 Å². The van der Waals surface area contributed by atoms with E-state index in [1.807, 2.05) is 0 Å². The number of piperidine rings is 1. The van der Waals surface area contributed by atoms with Crippen LogP contribution in [0.5, 0.6) is 0 Å². The molecule has 128 valence electrons. The largest absolute Gasteiger partial charge is 0.350 e. The second-order valence-electron chi connectivity index (χ2n) is 6.35. The molecule has 3 heterocycles. The van der Waals surface area contributed by atoms with Crippen LogP contribution >= 0.6 is 27.3 Å². The van der Waals surface area contributed by atoms with Crippen LogP contribution in [-0.4, -0.2) is 35.4 Å². The van der Waals surface area contributed by atoms with E-state index in [-0.39, 0.29) is 11.9 Å². The Hall–Kier alpha value is -1.24. The molecular formula is C18H22BrN3OS. The molecule has 24 heavy (non-hydrogen) atoms. The van der Waals surface area contributed by atoms with Gasteiger partial charge in [0.15, 0.2) is 0 Å². The quantitative estimate of drug-likeness (QED) is 0.810. The van der Waals surface area contributed by atoms with Gasteiger partial charge in [0.05, 0.1) is 11.6 Å². The van der Waals surface area contributed by atoms with Crippen LogP contribution in [0.4, 0.5) is 0 Å². The summed E-state index contributed by atoms with van der Waals surface area (Å²) in [5, 5.41) is 5.19. The Balaban J connectivity index is 1.67. The standard InChI is InChI=1S/C18H22BrN3OS/c1-13-4-6-22(7-5-13)16(17-3-2-8-24-17)12-21-18(23)14-9-15(19)11-20-10-14/h2-3,8-11,13,16H,4-7,12H2,1H3,(H,21,23). The number of rotatable bonds is 5. The van der Waals surface area contributed by atoms with Crippen molar-refractivity contribution in [1.82, 2.24) is 15.2 Å². The first-order chi connectivity index (χ1) is 11.6. The fourth-order valence-corrected chi connectivity index (χ4v) is 4.28. The van der Waals surface area contributed by atoms with Gasteiger partial charge in [-0.2, -0.15) is 0 Å². The van der Waals surface area contributed by atoms with E-state index in [0.717, 1.165) is 23.5 Å². The lowest BCUT2D eigenvalue weighted by Crippen LogP contribution is -2.41. The number of pyridine rings is 1. The first-order valence-electron chi connectivity index (χ1n) is 8.29. The molecule has 0 spiro atoms. The third-order valence-electron chi connectivity index (χ3n) is 4.55. The van der Waals surface area contributed by atoms with Gasteiger partial charge in [-0.3, -0.25) is 14.7 Å². The number of carbonyl (C=O) groups is 1. The van der Waals surface area contributed by atoms with Crippen LogP contribution in [0.3, 0.4) is 0 Å². The number of nitrogens with one attached hydrogen (secondary N) is 1. The molecule has 1 unspecified atom stereocenters. The van der Waals surface area contributed by atoms with Crippen molar-refractivity contribution in [1.29, 1.82) is 0 Å². The minimum Gasteiger partial charge on any atom is -0.350 e. The molecule has 0 aliphatic carbocycles. The average Bonchev–Trinajstić information content (AvgIpc) is 3.11. The Kier molecular flexibility index (Phi) is 6.03. The van der Waals surface area contributed by atoms with Gasteiger partial charge >= 0.3 is 0 Å².